The van der Waals surface area contributed by atoms with Crippen molar-refractivity contribution < 1.29 is 18.0 Å². The Hall–Kier alpha value is -1.71. The summed E-state index contributed by atoms with van der Waals surface area (Å²) in [5, 5.41) is 2.70. The Labute approximate surface area is 186 Å². The number of fused-ring (bicyclic) bond motifs is 1. The second-order valence-corrected chi connectivity index (χ2v) is 10.6. The van der Waals surface area contributed by atoms with E-state index in [-0.39, 0.29) is 28.9 Å². The molecule has 2 aromatic rings. The molecule has 0 spiro atoms. The third-order valence-electron chi connectivity index (χ3n) is 4.66. The predicted molar refractivity (Wildman–Crippen MR) is 120 cm³/mol. The first kappa shape index (κ1) is 22.0. The van der Waals surface area contributed by atoms with Gasteiger partial charge >= 0.3 is 0 Å². The van der Waals surface area contributed by atoms with E-state index >= 15 is 0 Å². The quantitative estimate of drug-likeness (QED) is 0.588. The number of carbonyl (C=O) groups excluding carboxylic acids is 2. The van der Waals surface area contributed by atoms with Gasteiger partial charge in [0.25, 0.3) is 0 Å². The number of amides is 2. The minimum atomic E-state index is -3.77. The minimum Gasteiger partial charge on any atom is -0.326 e. The van der Waals surface area contributed by atoms with Crippen LogP contribution in [0.3, 0.4) is 0 Å². The summed E-state index contributed by atoms with van der Waals surface area (Å²) < 4.78 is 27.6. The molecule has 154 valence electrons. The molecule has 1 aliphatic rings. The summed E-state index contributed by atoms with van der Waals surface area (Å²) >= 11 is 6.68. The van der Waals surface area contributed by atoms with E-state index in [1.54, 1.807) is 31.2 Å². The largest absolute Gasteiger partial charge is 0.326 e. The van der Waals surface area contributed by atoms with Crippen molar-refractivity contribution in [3.05, 3.63) is 50.9 Å². The molecule has 3 rings (SSSR count). The van der Waals surface area contributed by atoms with Crippen LogP contribution in [0.5, 0.6) is 0 Å². The van der Waals surface area contributed by atoms with Gasteiger partial charge in [0, 0.05) is 34.0 Å². The molecule has 1 N–H and O–H groups in total. The van der Waals surface area contributed by atoms with Gasteiger partial charge in [-0.2, -0.15) is 0 Å². The summed E-state index contributed by atoms with van der Waals surface area (Å²) in [6.45, 7) is 2.21. The smallest absolute Gasteiger partial charge is 0.226 e. The summed E-state index contributed by atoms with van der Waals surface area (Å²) in [4.78, 5) is 26.2. The normalized spacial score (nSPS) is 13.3. The van der Waals surface area contributed by atoms with E-state index in [1.165, 1.54) is 11.0 Å². The van der Waals surface area contributed by atoms with E-state index < -0.39 is 9.84 Å². The molecule has 0 saturated heterocycles. The molecule has 0 fully saturated rings. The number of sulfone groups is 1. The van der Waals surface area contributed by atoms with E-state index in [9.17, 15) is 18.0 Å². The standard InChI is InChI=1S/C20H20Br2N2O4S/c1-2-19(26)24-9-7-13-11-15(22)12-17(20(13)24)29(27,28)10-8-18(25)23-16-5-3-14(21)4-6-16/h3-6,11-12H,2,7-10H2,1H3,(H,23,25). The zero-order chi connectivity index (χ0) is 21.2. The highest BCUT2D eigenvalue weighted by atomic mass is 79.9. The van der Waals surface area contributed by atoms with Crippen molar-refractivity contribution in [3.8, 4) is 0 Å². The van der Waals surface area contributed by atoms with Crippen LogP contribution in [0, 0.1) is 0 Å². The number of hydrogen-bond donors (Lipinski definition) is 1. The van der Waals surface area contributed by atoms with Crippen LogP contribution in [0.2, 0.25) is 0 Å². The molecule has 0 aromatic heterocycles. The molecule has 1 heterocycles. The number of nitrogens with one attached hydrogen (secondary N) is 1. The molecule has 2 amide bonds. The number of halogens is 2. The Morgan fingerprint density at radius 3 is 2.45 bits per heavy atom. The van der Waals surface area contributed by atoms with Crippen LogP contribution in [0.1, 0.15) is 25.3 Å². The van der Waals surface area contributed by atoms with Crippen molar-refractivity contribution >= 4 is 64.9 Å². The maximum absolute atomic E-state index is 13.1. The van der Waals surface area contributed by atoms with Crippen LogP contribution < -0.4 is 10.2 Å². The summed E-state index contributed by atoms with van der Waals surface area (Å²) in [5.41, 5.74) is 1.87. The monoisotopic (exact) mass is 542 g/mol. The lowest BCUT2D eigenvalue weighted by Gasteiger charge is -2.20. The van der Waals surface area contributed by atoms with Crippen molar-refractivity contribution in [1.82, 2.24) is 0 Å². The van der Waals surface area contributed by atoms with Crippen molar-refractivity contribution in [2.24, 2.45) is 0 Å². The second-order valence-electron chi connectivity index (χ2n) is 6.68. The van der Waals surface area contributed by atoms with Crippen LogP contribution in [0.15, 0.2) is 50.2 Å². The maximum Gasteiger partial charge on any atom is 0.226 e. The average molecular weight is 544 g/mol. The Bertz CT molecular complexity index is 1050. The van der Waals surface area contributed by atoms with Gasteiger partial charge in [0.2, 0.25) is 11.8 Å². The number of carbonyl (C=O) groups is 2. The lowest BCUT2D eigenvalue weighted by atomic mass is 10.2. The van der Waals surface area contributed by atoms with Crippen molar-refractivity contribution in [2.45, 2.75) is 31.1 Å². The zero-order valence-electron chi connectivity index (χ0n) is 15.7. The van der Waals surface area contributed by atoms with Gasteiger partial charge in [0.1, 0.15) is 0 Å². The van der Waals surface area contributed by atoms with E-state index in [0.29, 0.717) is 35.2 Å². The molecule has 0 atom stereocenters. The first-order chi connectivity index (χ1) is 13.7. The average Bonchev–Trinajstić information content (AvgIpc) is 3.10. The Kier molecular flexibility index (Phi) is 6.80. The summed E-state index contributed by atoms with van der Waals surface area (Å²) in [5.74, 6) is -0.841. The molecule has 0 aliphatic carbocycles. The van der Waals surface area contributed by atoms with Crippen molar-refractivity contribution in [3.63, 3.8) is 0 Å². The molecule has 29 heavy (non-hydrogen) atoms. The molecule has 0 saturated carbocycles. The zero-order valence-corrected chi connectivity index (χ0v) is 19.7. The summed E-state index contributed by atoms with van der Waals surface area (Å²) in [6, 6.07) is 10.4. The van der Waals surface area contributed by atoms with Gasteiger partial charge < -0.3 is 10.2 Å². The lowest BCUT2D eigenvalue weighted by molar-refractivity contribution is -0.118. The maximum atomic E-state index is 13.1. The predicted octanol–water partition coefficient (Wildman–Crippen LogP) is 4.31. The number of benzene rings is 2. The number of nitrogens with zero attached hydrogens (tertiary/aromatic N) is 1. The van der Waals surface area contributed by atoms with Crippen molar-refractivity contribution in [1.29, 1.82) is 0 Å². The molecular weight excluding hydrogens is 524 g/mol. The van der Waals surface area contributed by atoms with Gasteiger partial charge in [-0.1, -0.05) is 38.8 Å². The van der Waals surface area contributed by atoms with Gasteiger partial charge in [-0.15, -0.1) is 0 Å². The highest BCUT2D eigenvalue weighted by molar-refractivity contribution is 9.10. The topological polar surface area (TPSA) is 83.6 Å². The highest BCUT2D eigenvalue weighted by Crippen LogP contribution is 2.38. The SMILES string of the molecule is CCC(=O)N1CCc2cc(Br)cc(S(=O)(=O)CCC(=O)Nc3ccc(Br)cc3)c21. The van der Waals surface area contributed by atoms with Gasteiger partial charge in [-0.3, -0.25) is 9.59 Å². The molecular formula is C20H20Br2N2O4S. The van der Waals surface area contributed by atoms with Gasteiger partial charge in [-0.05, 0) is 48.4 Å². The molecule has 9 heteroatoms. The molecule has 0 radical (unpaired) electrons. The fourth-order valence-electron chi connectivity index (χ4n) is 3.24. The van der Waals surface area contributed by atoms with Crippen LogP contribution in [0.4, 0.5) is 11.4 Å². The van der Waals surface area contributed by atoms with E-state index in [0.717, 1.165) is 10.0 Å². The second kappa shape index (κ2) is 8.97. The van der Waals surface area contributed by atoms with Crippen LogP contribution in [0.25, 0.3) is 0 Å². The van der Waals surface area contributed by atoms with Crippen LogP contribution in [-0.4, -0.2) is 32.5 Å². The molecule has 0 bridgehead atoms. The molecule has 6 nitrogen and oxygen atoms in total. The van der Waals surface area contributed by atoms with Crippen molar-refractivity contribution in [2.75, 3.05) is 22.5 Å². The van der Waals surface area contributed by atoms with Gasteiger partial charge in [0.05, 0.1) is 16.3 Å². The third-order valence-corrected chi connectivity index (χ3v) is 7.37. The molecule has 1 aliphatic heterocycles. The minimum absolute atomic E-state index is 0.0950. The lowest BCUT2D eigenvalue weighted by Crippen LogP contribution is -2.29. The van der Waals surface area contributed by atoms with E-state index in [1.807, 2.05) is 6.07 Å². The summed E-state index contributed by atoms with van der Waals surface area (Å²) in [6.07, 6.45) is 0.721. The Morgan fingerprint density at radius 1 is 1.10 bits per heavy atom. The molecule has 2 aromatic carbocycles. The van der Waals surface area contributed by atoms with E-state index in [4.69, 9.17) is 0 Å². The Balaban J connectivity index is 1.80. The summed E-state index contributed by atoms with van der Waals surface area (Å²) in [7, 11) is -3.77. The number of anilines is 2. The molecule has 0 unspecified atom stereocenters. The van der Waals surface area contributed by atoms with E-state index in [2.05, 4.69) is 37.2 Å². The van der Waals surface area contributed by atoms with Gasteiger partial charge in [-0.25, -0.2) is 8.42 Å². The fraction of sp³-hybridized carbons (Fsp3) is 0.300. The first-order valence-corrected chi connectivity index (χ1v) is 12.4. The third kappa shape index (κ3) is 5.07. The first-order valence-electron chi connectivity index (χ1n) is 9.12. The Morgan fingerprint density at radius 2 is 1.79 bits per heavy atom. The number of hydrogen-bond acceptors (Lipinski definition) is 4. The van der Waals surface area contributed by atoms with Crippen LogP contribution >= 0.6 is 31.9 Å². The highest BCUT2D eigenvalue weighted by Gasteiger charge is 2.32. The number of rotatable bonds is 6. The van der Waals surface area contributed by atoms with Gasteiger partial charge in [0.15, 0.2) is 9.84 Å². The fourth-order valence-corrected chi connectivity index (χ4v) is 5.68. The van der Waals surface area contributed by atoms with Crippen LogP contribution in [-0.2, 0) is 25.8 Å².